The Hall–Kier alpha value is 1.56. The molecule has 0 radical (unpaired) electrons. The van der Waals surface area contributed by atoms with Gasteiger partial charge < -0.3 is 0 Å². The minimum absolute atomic E-state index is 1.16. The van der Waals surface area contributed by atoms with Crippen LogP contribution in [0.1, 0.15) is 0 Å². The molecule has 0 unspecified atom stereocenters. The van der Waals surface area contributed by atoms with Gasteiger partial charge in [0.15, 0.2) is 0 Å². The van der Waals surface area contributed by atoms with E-state index in [-0.39, 0.29) is 0 Å². The van der Waals surface area contributed by atoms with E-state index in [9.17, 15) is 0 Å². The molecule has 0 atom stereocenters. The third-order valence-electron chi connectivity index (χ3n) is 0.346. The molecule has 0 spiro atoms. The van der Waals surface area contributed by atoms with Gasteiger partial charge in [-0.25, -0.2) is 0 Å². The van der Waals surface area contributed by atoms with E-state index in [4.69, 9.17) is 0 Å². The Kier molecular flexibility index (Phi) is 2.53. The second-order valence-electron chi connectivity index (χ2n) is 0.712. The first kappa shape index (κ1) is 4.71. The maximum absolute atomic E-state index is 1.62. The quantitative estimate of drug-likeness (QED) is 0.531. The summed E-state index contributed by atoms with van der Waals surface area (Å²) < 4.78 is 0. The summed E-state index contributed by atoms with van der Waals surface area (Å²) in [5.74, 6) is 0. The van der Waals surface area contributed by atoms with Crippen molar-refractivity contribution in [2.24, 2.45) is 0 Å². The topological polar surface area (TPSA) is 0 Å². The third kappa shape index (κ3) is 1.64. The van der Waals surface area contributed by atoms with Crippen molar-refractivity contribution in [2.45, 2.75) is 10.6 Å². The molecule has 0 aromatic heterocycles. The standard InChI is InChI=1S/C2H4Se3/c1-2-4-5-3-1/h1-2H2. The molecule has 1 aliphatic rings. The first-order valence-corrected chi connectivity index (χ1v) is 12.5. The summed E-state index contributed by atoms with van der Waals surface area (Å²) in [6.07, 6.45) is 0. The Labute approximate surface area is 48.0 Å². The summed E-state index contributed by atoms with van der Waals surface area (Å²) in [7, 11) is 0. The Morgan fingerprint density at radius 1 is 1.00 bits per heavy atom. The summed E-state index contributed by atoms with van der Waals surface area (Å²) in [5.41, 5.74) is 0. The molecule has 1 fully saturated rings. The van der Waals surface area contributed by atoms with E-state index in [0.717, 1.165) is 26.3 Å². The number of hydrogen-bond donors (Lipinski definition) is 0. The molecule has 0 bridgehead atoms. The molecule has 1 heterocycles. The monoisotopic (exact) mass is 268 g/mol. The van der Waals surface area contributed by atoms with E-state index in [1.807, 2.05) is 0 Å². The van der Waals surface area contributed by atoms with Gasteiger partial charge in [-0.05, 0) is 0 Å². The third-order valence-corrected chi connectivity index (χ3v) is 20.2. The van der Waals surface area contributed by atoms with E-state index in [2.05, 4.69) is 0 Å². The number of hydrogen-bond acceptors (Lipinski definition) is 0. The molecule has 1 rings (SSSR count). The molecule has 0 saturated carbocycles. The van der Waals surface area contributed by atoms with Crippen molar-refractivity contribution in [1.29, 1.82) is 0 Å². The average molecular weight is 265 g/mol. The van der Waals surface area contributed by atoms with Crippen molar-refractivity contribution in [3.63, 3.8) is 0 Å². The molecular weight excluding hydrogens is 261 g/mol. The van der Waals surface area contributed by atoms with Crippen LogP contribution in [0.5, 0.6) is 0 Å². The predicted molar refractivity (Wildman–Crippen MR) is 26.9 cm³/mol. The molecule has 0 amide bonds. The Bertz CT molecular complexity index is 16.5. The molecule has 1 aliphatic heterocycles. The number of rotatable bonds is 0. The van der Waals surface area contributed by atoms with Gasteiger partial charge in [-0.3, -0.25) is 0 Å². The second-order valence-corrected chi connectivity index (χ2v) is 18.0. The van der Waals surface area contributed by atoms with Crippen LogP contribution in [0, 0.1) is 0 Å². The molecule has 1 saturated heterocycles. The molecule has 0 aromatic rings. The average Bonchev–Trinajstić information content (AvgIpc) is 1.76. The van der Waals surface area contributed by atoms with Crippen LogP contribution in [0.2, 0.25) is 10.6 Å². The van der Waals surface area contributed by atoms with Gasteiger partial charge in [-0.15, -0.1) is 0 Å². The van der Waals surface area contributed by atoms with Crippen LogP contribution in [0.25, 0.3) is 0 Å². The fourth-order valence-electron chi connectivity index (χ4n) is 0.170. The Morgan fingerprint density at radius 2 is 1.60 bits per heavy atom. The van der Waals surface area contributed by atoms with Crippen molar-refractivity contribution >= 4 is 37.6 Å². The van der Waals surface area contributed by atoms with Crippen molar-refractivity contribution in [3.05, 3.63) is 0 Å². The van der Waals surface area contributed by atoms with Crippen LogP contribution in [0.15, 0.2) is 0 Å². The van der Waals surface area contributed by atoms with Crippen molar-refractivity contribution in [2.75, 3.05) is 0 Å². The van der Waals surface area contributed by atoms with Crippen LogP contribution in [-0.2, 0) is 0 Å². The van der Waals surface area contributed by atoms with Crippen molar-refractivity contribution < 1.29 is 0 Å². The normalized spacial score (nSPS) is 24.0. The van der Waals surface area contributed by atoms with Gasteiger partial charge in [-0.2, -0.15) is 0 Å². The van der Waals surface area contributed by atoms with Gasteiger partial charge in [-0.1, -0.05) is 0 Å². The first-order valence-electron chi connectivity index (χ1n) is 1.41. The molecule has 0 aromatic carbocycles. The zero-order valence-corrected chi connectivity index (χ0v) is 7.78. The van der Waals surface area contributed by atoms with Gasteiger partial charge in [0.05, 0.1) is 0 Å². The van der Waals surface area contributed by atoms with Crippen LogP contribution < -0.4 is 0 Å². The van der Waals surface area contributed by atoms with Crippen LogP contribution in [0.4, 0.5) is 0 Å². The van der Waals surface area contributed by atoms with E-state index in [1.165, 1.54) is 11.3 Å². The van der Waals surface area contributed by atoms with E-state index in [0.29, 0.717) is 0 Å². The predicted octanol–water partition coefficient (Wildman–Crippen LogP) is -0.221. The Morgan fingerprint density at radius 3 is 1.80 bits per heavy atom. The summed E-state index contributed by atoms with van der Waals surface area (Å²) >= 11 is 3.51. The maximum atomic E-state index is 1.62. The molecule has 0 aliphatic carbocycles. The van der Waals surface area contributed by atoms with Gasteiger partial charge in [0, 0.05) is 0 Å². The molecule has 30 valence electrons. The van der Waals surface area contributed by atoms with Crippen LogP contribution >= 0.6 is 0 Å². The van der Waals surface area contributed by atoms with Gasteiger partial charge >= 0.3 is 48.2 Å². The minimum atomic E-state index is 1.16. The van der Waals surface area contributed by atoms with Gasteiger partial charge in [0.2, 0.25) is 0 Å². The summed E-state index contributed by atoms with van der Waals surface area (Å²) in [6.45, 7) is 0. The van der Waals surface area contributed by atoms with Crippen LogP contribution in [-0.4, -0.2) is 37.6 Å². The van der Waals surface area contributed by atoms with Gasteiger partial charge in [0.25, 0.3) is 0 Å². The van der Waals surface area contributed by atoms with Crippen molar-refractivity contribution in [3.8, 4) is 0 Å². The van der Waals surface area contributed by atoms with Crippen molar-refractivity contribution in [1.82, 2.24) is 0 Å². The fourth-order valence-corrected chi connectivity index (χ4v) is 23.9. The molecular formula is C2H4Se3. The zero-order chi connectivity index (χ0) is 3.54. The van der Waals surface area contributed by atoms with Gasteiger partial charge in [0.1, 0.15) is 0 Å². The summed E-state index contributed by atoms with van der Waals surface area (Å²) in [5, 5.41) is 3.24. The Balaban J connectivity index is 2.08. The van der Waals surface area contributed by atoms with E-state index in [1.54, 1.807) is 10.6 Å². The van der Waals surface area contributed by atoms with Crippen LogP contribution in [0.3, 0.4) is 0 Å². The SMILES string of the molecule is C1C[Se][Se][Se]1. The summed E-state index contributed by atoms with van der Waals surface area (Å²) in [4.78, 5) is 0. The fraction of sp³-hybridized carbons (Fsp3) is 1.00. The molecule has 5 heavy (non-hydrogen) atoms. The first-order chi connectivity index (χ1) is 2.50. The molecule has 3 heteroatoms. The van der Waals surface area contributed by atoms with E-state index >= 15 is 0 Å². The summed E-state index contributed by atoms with van der Waals surface area (Å²) in [6, 6.07) is 0. The second kappa shape index (κ2) is 2.69. The van der Waals surface area contributed by atoms with E-state index < -0.39 is 0 Å². The molecule has 0 N–H and O–H groups in total. The zero-order valence-electron chi connectivity index (χ0n) is 2.64. The molecule has 0 nitrogen and oxygen atoms in total.